The lowest BCUT2D eigenvalue weighted by Crippen LogP contribution is -2.41. The van der Waals surface area contributed by atoms with E-state index in [0.29, 0.717) is 11.7 Å². The molecule has 0 radical (unpaired) electrons. The van der Waals surface area contributed by atoms with Crippen LogP contribution in [0.3, 0.4) is 0 Å². The summed E-state index contributed by atoms with van der Waals surface area (Å²) < 4.78 is 5.75. The van der Waals surface area contributed by atoms with Crippen LogP contribution in [0, 0.1) is 5.92 Å². The van der Waals surface area contributed by atoms with Gasteiger partial charge in [0.25, 0.3) is 0 Å². The van der Waals surface area contributed by atoms with Gasteiger partial charge < -0.3 is 19.8 Å². The highest BCUT2D eigenvalue weighted by molar-refractivity contribution is 7.99. The monoisotopic (exact) mass is 419 g/mol. The van der Waals surface area contributed by atoms with Crippen LogP contribution in [0.15, 0.2) is 52.3 Å². The van der Waals surface area contributed by atoms with Gasteiger partial charge in [-0.25, -0.2) is 4.79 Å². The van der Waals surface area contributed by atoms with Crippen molar-refractivity contribution in [3.8, 4) is 5.75 Å². The van der Waals surface area contributed by atoms with Gasteiger partial charge >= 0.3 is 5.97 Å². The van der Waals surface area contributed by atoms with Crippen LogP contribution in [-0.4, -0.2) is 46.9 Å². The van der Waals surface area contributed by atoms with Gasteiger partial charge in [-0.2, -0.15) is 0 Å². The molecule has 0 aromatic heterocycles. The van der Waals surface area contributed by atoms with Crippen molar-refractivity contribution in [2.75, 3.05) is 30.1 Å². The summed E-state index contributed by atoms with van der Waals surface area (Å²) in [6, 6.07) is 14.4. The Balaban J connectivity index is 1.98. The van der Waals surface area contributed by atoms with Crippen LogP contribution in [0.1, 0.15) is 13.8 Å². The molecule has 0 saturated carbocycles. The molecule has 2 aromatic rings. The van der Waals surface area contributed by atoms with E-state index in [1.165, 1.54) is 6.92 Å². The van der Waals surface area contributed by atoms with E-state index in [2.05, 4.69) is 30.0 Å². The number of fused-ring (bicyclic) bond motifs is 1. The van der Waals surface area contributed by atoms with E-state index in [1.807, 2.05) is 30.5 Å². The summed E-state index contributed by atoms with van der Waals surface area (Å²) in [5.74, 6) is 0.794. The summed E-state index contributed by atoms with van der Waals surface area (Å²) in [6.45, 7) is 4.10. The lowest BCUT2D eigenvalue weighted by atomic mass is 10.1. The molecule has 2 atom stereocenters. The molecule has 0 spiro atoms. The highest BCUT2D eigenvalue weighted by atomic mass is 32.2. The van der Waals surface area contributed by atoms with Crippen molar-refractivity contribution in [2.24, 2.45) is 5.92 Å². The second-order valence-corrected chi connectivity index (χ2v) is 9.11. The van der Waals surface area contributed by atoms with Crippen LogP contribution in [0.2, 0.25) is 0 Å². The molecule has 0 fully saturated rings. The SMILES string of the molecule is CSc1cc2c(cc1OC[C@](C)(O)C(=O)O)SCC(C)CN2c1ccccc1. The van der Waals surface area contributed by atoms with Gasteiger partial charge in [-0.05, 0) is 43.4 Å². The first kappa shape index (κ1) is 20.9. The molecule has 0 amide bonds. The molecule has 7 heteroatoms. The average Bonchev–Trinajstić information content (AvgIpc) is 2.85. The molecular weight excluding hydrogens is 394 g/mol. The van der Waals surface area contributed by atoms with Crippen LogP contribution in [0.25, 0.3) is 0 Å². The normalized spacial score (nSPS) is 18.7. The largest absolute Gasteiger partial charge is 0.489 e. The fraction of sp³-hybridized carbons (Fsp3) is 0.381. The van der Waals surface area contributed by atoms with Gasteiger partial charge in [-0.3, -0.25) is 0 Å². The number of hydrogen-bond acceptors (Lipinski definition) is 6. The number of carboxylic acid groups (broad SMARTS) is 1. The summed E-state index contributed by atoms with van der Waals surface area (Å²) in [5.41, 5.74) is 0.343. The standard InChI is InChI=1S/C21H25NO4S2/c1-14-11-22(15-7-5-4-6-8-15)16-9-19(27-3)17(10-18(16)28-12-14)26-13-21(2,25)20(23)24/h4-10,14,25H,11-13H2,1-3H3,(H,23,24)/t14?,21-/m0/s1. The summed E-state index contributed by atoms with van der Waals surface area (Å²) in [6.07, 6.45) is 1.96. The number of rotatable bonds is 6. The Labute approximate surface area is 174 Å². The summed E-state index contributed by atoms with van der Waals surface area (Å²) in [4.78, 5) is 15.5. The summed E-state index contributed by atoms with van der Waals surface area (Å²) in [7, 11) is 0. The third kappa shape index (κ3) is 4.59. The topological polar surface area (TPSA) is 70.0 Å². The van der Waals surface area contributed by atoms with Gasteiger partial charge in [0.2, 0.25) is 0 Å². The third-order valence-corrected chi connectivity index (χ3v) is 6.72. The lowest BCUT2D eigenvalue weighted by molar-refractivity contribution is -0.159. The number of nitrogens with zero attached hydrogens (tertiary/aromatic N) is 1. The van der Waals surface area contributed by atoms with E-state index in [9.17, 15) is 9.90 Å². The van der Waals surface area contributed by atoms with Gasteiger partial charge in [0.05, 0.1) is 10.6 Å². The molecule has 28 heavy (non-hydrogen) atoms. The maximum Gasteiger partial charge on any atom is 0.339 e. The molecular formula is C21H25NO4S2. The second-order valence-electron chi connectivity index (χ2n) is 7.20. The van der Waals surface area contributed by atoms with Crippen molar-refractivity contribution < 1.29 is 19.7 Å². The zero-order valence-corrected chi connectivity index (χ0v) is 17.8. The molecule has 5 nitrogen and oxygen atoms in total. The highest BCUT2D eigenvalue weighted by Crippen LogP contribution is 2.44. The Morgan fingerprint density at radius 3 is 2.71 bits per heavy atom. The lowest BCUT2D eigenvalue weighted by Gasteiger charge is -2.27. The summed E-state index contributed by atoms with van der Waals surface area (Å²) >= 11 is 3.32. The van der Waals surface area contributed by atoms with E-state index in [-0.39, 0.29) is 6.61 Å². The van der Waals surface area contributed by atoms with Gasteiger partial charge in [-0.1, -0.05) is 25.1 Å². The molecule has 1 aliphatic rings. The maximum atomic E-state index is 11.2. The predicted octanol–water partition coefficient (Wildman–Crippen LogP) is 4.50. The fourth-order valence-electron chi connectivity index (χ4n) is 2.96. The third-order valence-electron chi connectivity index (χ3n) is 4.59. The Bertz CT molecular complexity index is 842. The zero-order chi connectivity index (χ0) is 20.3. The van der Waals surface area contributed by atoms with Crippen LogP contribution in [0.4, 0.5) is 11.4 Å². The molecule has 1 heterocycles. The van der Waals surface area contributed by atoms with E-state index < -0.39 is 11.6 Å². The number of carboxylic acids is 1. The highest BCUT2D eigenvalue weighted by Gasteiger charge is 2.32. The van der Waals surface area contributed by atoms with Gasteiger partial charge in [-0.15, -0.1) is 23.5 Å². The number of ether oxygens (including phenoxy) is 1. The molecule has 0 aliphatic carbocycles. The molecule has 150 valence electrons. The number of anilines is 2. The van der Waals surface area contributed by atoms with Crippen molar-refractivity contribution in [3.63, 3.8) is 0 Å². The molecule has 1 unspecified atom stereocenters. The van der Waals surface area contributed by atoms with E-state index in [0.717, 1.165) is 33.5 Å². The number of carbonyl (C=O) groups is 1. The Morgan fingerprint density at radius 1 is 1.36 bits per heavy atom. The minimum atomic E-state index is -1.93. The second kappa shape index (κ2) is 8.68. The Kier molecular flexibility index (Phi) is 6.47. The van der Waals surface area contributed by atoms with Gasteiger partial charge in [0, 0.05) is 22.9 Å². The van der Waals surface area contributed by atoms with Crippen LogP contribution in [0.5, 0.6) is 5.75 Å². The first-order valence-corrected chi connectivity index (χ1v) is 11.3. The van der Waals surface area contributed by atoms with E-state index in [1.54, 1.807) is 23.5 Å². The van der Waals surface area contributed by atoms with Crippen molar-refractivity contribution in [1.82, 2.24) is 0 Å². The number of hydrogen-bond donors (Lipinski definition) is 2. The molecule has 2 N–H and O–H groups in total. The molecule has 0 bridgehead atoms. The van der Waals surface area contributed by atoms with Crippen LogP contribution >= 0.6 is 23.5 Å². The Morgan fingerprint density at radius 2 is 2.07 bits per heavy atom. The first-order chi connectivity index (χ1) is 13.3. The molecule has 1 aliphatic heterocycles. The molecule has 3 rings (SSSR count). The van der Waals surface area contributed by atoms with Crippen LogP contribution in [-0.2, 0) is 4.79 Å². The van der Waals surface area contributed by atoms with E-state index >= 15 is 0 Å². The van der Waals surface area contributed by atoms with Crippen molar-refractivity contribution in [3.05, 3.63) is 42.5 Å². The van der Waals surface area contributed by atoms with Crippen molar-refractivity contribution >= 4 is 40.9 Å². The average molecular weight is 420 g/mol. The smallest absolute Gasteiger partial charge is 0.339 e. The number of para-hydroxylation sites is 1. The zero-order valence-electron chi connectivity index (χ0n) is 16.2. The number of aliphatic hydroxyl groups is 1. The van der Waals surface area contributed by atoms with Crippen LogP contribution < -0.4 is 9.64 Å². The first-order valence-electron chi connectivity index (χ1n) is 9.08. The minimum Gasteiger partial charge on any atom is -0.489 e. The predicted molar refractivity (Wildman–Crippen MR) is 115 cm³/mol. The van der Waals surface area contributed by atoms with Crippen molar-refractivity contribution in [1.29, 1.82) is 0 Å². The summed E-state index contributed by atoms with van der Waals surface area (Å²) in [5, 5.41) is 19.1. The number of aliphatic carboxylic acids is 1. The maximum absolute atomic E-state index is 11.2. The molecule has 0 saturated heterocycles. The number of thioether (sulfide) groups is 2. The molecule has 2 aromatic carbocycles. The van der Waals surface area contributed by atoms with Gasteiger partial charge in [0.1, 0.15) is 12.4 Å². The fourth-order valence-corrected chi connectivity index (χ4v) is 4.58. The Hall–Kier alpha value is -1.83. The van der Waals surface area contributed by atoms with Crippen molar-refractivity contribution in [2.45, 2.75) is 29.2 Å². The minimum absolute atomic E-state index is 0.307. The number of benzene rings is 2. The van der Waals surface area contributed by atoms with Gasteiger partial charge in [0.15, 0.2) is 5.60 Å². The quantitative estimate of drug-likeness (QED) is 0.668. The van der Waals surface area contributed by atoms with E-state index in [4.69, 9.17) is 9.84 Å².